The van der Waals surface area contributed by atoms with Gasteiger partial charge in [-0.15, -0.1) is 22.7 Å². The fourth-order valence-corrected chi connectivity index (χ4v) is 3.41. The number of nitrogens with zero attached hydrogens (tertiary/aromatic N) is 2. The quantitative estimate of drug-likeness (QED) is 0.802. The molecule has 1 amide bonds. The van der Waals surface area contributed by atoms with Gasteiger partial charge in [-0.2, -0.15) is 0 Å². The number of hydrogen-bond donors (Lipinski definition) is 0. The van der Waals surface area contributed by atoms with Crippen molar-refractivity contribution in [1.82, 2.24) is 9.88 Å². The molecule has 0 atom stereocenters. The van der Waals surface area contributed by atoms with Gasteiger partial charge in [0, 0.05) is 18.5 Å². The summed E-state index contributed by atoms with van der Waals surface area (Å²) >= 11 is 3.19. The van der Waals surface area contributed by atoms with E-state index in [0.29, 0.717) is 5.69 Å². The highest BCUT2D eigenvalue weighted by Crippen LogP contribution is 2.28. The molecule has 0 spiro atoms. The molecule has 0 N–H and O–H groups in total. The van der Waals surface area contributed by atoms with Crippen LogP contribution in [-0.2, 0) is 0 Å². The van der Waals surface area contributed by atoms with Crippen molar-refractivity contribution in [3.8, 4) is 9.88 Å². The minimum absolute atomic E-state index is 0.0509. The second-order valence-electron chi connectivity index (χ2n) is 4.25. The van der Waals surface area contributed by atoms with Gasteiger partial charge in [-0.05, 0) is 24.8 Å². The van der Waals surface area contributed by atoms with Gasteiger partial charge in [0.15, 0.2) is 0 Å². The van der Waals surface area contributed by atoms with Crippen molar-refractivity contribution in [3.05, 3.63) is 28.6 Å². The highest BCUT2D eigenvalue weighted by atomic mass is 32.1. The van der Waals surface area contributed by atoms with E-state index in [1.807, 2.05) is 34.7 Å². The zero-order valence-electron chi connectivity index (χ0n) is 11.3. The third-order valence-electron chi connectivity index (χ3n) is 2.91. The van der Waals surface area contributed by atoms with Gasteiger partial charge in [0.1, 0.15) is 10.7 Å². The molecule has 0 unspecified atom stereocenters. The van der Waals surface area contributed by atoms with Crippen molar-refractivity contribution < 1.29 is 4.79 Å². The maximum Gasteiger partial charge on any atom is 0.273 e. The first-order valence-electron chi connectivity index (χ1n) is 6.55. The van der Waals surface area contributed by atoms with Crippen molar-refractivity contribution in [2.24, 2.45) is 0 Å². The van der Waals surface area contributed by atoms with Crippen LogP contribution in [0.25, 0.3) is 9.88 Å². The lowest BCUT2D eigenvalue weighted by molar-refractivity contribution is 0.0757. The SMILES string of the molecule is CCCCN(CC)C(=O)c1csc(-c2cccs2)n1. The lowest BCUT2D eigenvalue weighted by Crippen LogP contribution is -2.31. The smallest absolute Gasteiger partial charge is 0.273 e. The van der Waals surface area contributed by atoms with Crippen molar-refractivity contribution >= 4 is 28.6 Å². The Morgan fingerprint density at radius 2 is 2.21 bits per heavy atom. The second kappa shape index (κ2) is 6.82. The molecular formula is C14H18N2OS2. The minimum atomic E-state index is 0.0509. The molecule has 2 rings (SSSR count). The number of thiazole rings is 1. The molecular weight excluding hydrogens is 276 g/mol. The van der Waals surface area contributed by atoms with Crippen molar-refractivity contribution in [2.75, 3.05) is 13.1 Å². The maximum absolute atomic E-state index is 12.3. The molecule has 0 aliphatic heterocycles. The average molecular weight is 294 g/mol. The van der Waals surface area contributed by atoms with E-state index in [-0.39, 0.29) is 5.91 Å². The van der Waals surface area contributed by atoms with Crippen molar-refractivity contribution in [3.63, 3.8) is 0 Å². The molecule has 0 saturated carbocycles. The Hall–Kier alpha value is -1.20. The third kappa shape index (κ3) is 3.42. The van der Waals surface area contributed by atoms with E-state index in [1.165, 1.54) is 11.3 Å². The maximum atomic E-state index is 12.3. The molecule has 0 radical (unpaired) electrons. The lowest BCUT2D eigenvalue weighted by Gasteiger charge is -2.19. The Bertz CT molecular complexity index is 519. The molecule has 2 aromatic rings. The molecule has 2 aromatic heterocycles. The Labute approximate surface area is 121 Å². The predicted molar refractivity (Wildman–Crippen MR) is 81.9 cm³/mol. The van der Waals surface area contributed by atoms with E-state index in [2.05, 4.69) is 11.9 Å². The van der Waals surface area contributed by atoms with Gasteiger partial charge in [-0.25, -0.2) is 4.98 Å². The molecule has 0 aromatic carbocycles. The van der Waals surface area contributed by atoms with Crippen LogP contribution in [0.4, 0.5) is 0 Å². The van der Waals surface area contributed by atoms with E-state index in [1.54, 1.807) is 11.3 Å². The van der Waals surface area contributed by atoms with E-state index < -0.39 is 0 Å². The third-order valence-corrected chi connectivity index (χ3v) is 4.79. The van der Waals surface area contributed by atoms with Crippen LogP contribution in [0.5, 0.6) is 0 Å². The van der Waals surface area contributed by atoms with Crippen LogP contribution < -0.4 is 0 Å². The molecule has 0 aliphatic rings. The molecule has 19 heavy (non-hydrogen) atoms. The normalized spacial score (nSPS) is 10.6. The average Bonchev–Trinajstić information content (AvgIpc) is 3.10. The number of rotatable bonds is 6. The molecule has 0 bridgehead atoms. The van der Waals surface area contributed by atoms with Gasteiger partial charge < -0.3 is 4.90 Å². The molecule has 5 heteroatoms. The summed E-state index contributed by atoms with van der Waals surface area (Å²) in [6.45, 7) is 5.71. The van der Waals surface area contributed by atoms with Crippen LogP contribution in [0.15, 0.2) is 22.9 Å². The second-order valence-corrected chi connectivity index (χ2v) is 6.06. The van der Waals surface area contributed by atoms with Gasteiger partial charge >= 0.3 is 0 Å². The summed E-state index contributed by atoms with van der Waals surface area (Å²) < 4.78 is 0. The van der Waals surface area contributed by atoms with Crippen LogP contribution in [0, 0.1) is 0 Å². The summed E-state index contributed by atoms with van der Waals surface area (Å²) in [4.78, 5) is 19.8. The fraction of sp³-hybridized carbons (Fsp3) is 0.429. The largest absolute Gasteiger partial charge is 0.338 e. The summed E-state index contributed by atoms with van der Waals surface area (Å²) in [6, 6.07) is 4.04. The Morgan fingerprint density at radius 3 is 2.84 bits per heavy atom. The Balaban J connectivity index is 2.11. The predicted octanol–water partition coefficient (Wildman–Crippen LogP) is 4.13. The first-order chi connectivity index (χ1) is 9.26. The van der Waals surface area contributed by atoms with E-state index in [0.717, 1.165) is 35.8 Å². The molecule has 0 fully saturated rings. The standard InChI is InChI=1S/C14H18N2OS2/c1-3-5-8-16(4-2)14(17)11-10-19-13(15-11)12-7-6-9-18-12/h6-7,9-10H,3-5,8H2,1-2H3. The Kier molecular flexibility index (Phi) is 5.10. The summed E-state index contributed by atoms with van der Waals surface area (Å²) in [5, 5.41) is 4.83. The highest BCUT2D eigenvalue weighted by molar-refractivity contribution is 7.20. The lowest BCUT2D eigenvalue weighted by atomic mass is 10.3. The molecule has 2 heterocycles. The molecule has 0 aliphatic carbocycles. The van der Waals surface area contributed by atoms with Crippen LogP contribution in [0.2, 0.25) is 0 Å². The monoisotopic (exact) mass is 294 g/mol. The van der Waals surface area contributed by atoms with Crippen molar-refractivity contribution in [1.29, 1.82) is 0 Å². The fourth-order valence-electron chi connectivity index (χ4n) is 1.80. The number of amides is 1. The zero-order chi connectivity index (χ0) is 13.7. The van der Waals surface area contributed by atoms with Crippen molar-refractivity contribution in [2.45, 2.75) is 26.7 Å². The van der Waals surface area contributed by atoms with Crippen LogP contribution >= 0.6 is 22.7 Å². The van der Waals surface area contributed by atoms with Gasteiger partial charge in [0.05, 0.1) is 4.88 Å². The zero-order valence-corrected chi connectivity index (χ0v) is 12.9. The Morgan fingerprint density at radius 1 is 1.37 bits per heavy atom. The van der Waals surface area contributed by atoms with Gasteiger partial charge in [0.2, 0.25) is 0 Å². The van der Waals surface area contributed by atoms with E-state index in [4.69, 9.17) is 0 Å². The van der Waals surface area contributed by atoms with E-state index >= 15 is 0 Å². The summed E-state index contributed by atoms with van der Waals surface area (Å²) in [7, 11) is 0. The first kappa shape index (κ1) is 14.2. The van der Waals surface area contributed by atoms with Crippen LogP contribution in [0.1, 0.15) is 37.2 Å². The summed E-state index contributed by atoms with van der Waals surface area (Å²) in [6.07, 6.45) is 2.14. The van der Waals surface area contributed by atoms with Gasteiger partial charge in [-0.3, -0.25) is 4.79 Å². The van der Waals surface area contributed by atoms with E-state index in [9.17, 15) is 4.79 Å². The number of carbonyl (C=O) groups is 1. The number of hydrogen-bond acceptors (Lipinski definition) is 4. The minimum Gasteiger partial charge on any atom is -0.338 e. The number of thiophene rings is 1. The number of unbranched alkanes of at least 4 members (excludes halogenated alkanes) is 1. The topological polar surface area (TPSA) is 33.2 Å². The number of aromatic nitrogens is 1. The van der Waals surface area contributed by atoms with Gasteiger partial charge in [0.25, 0.3) is 5.91 Å². The molecule has 3 nitrogen and oxygen atoms in total. The summed E-state index contributed by atoms with van der Waals surface area (Å²) in [5.74, 6) is 0.0509. The number of carbonyl (C=O) groups excluding carboxylic acids is 1. The van der Waals surface area contributed by atoms with Crippen LogP contribution in [0.3, 0.4) is 0 Å². The molecule has 102 valence electrons. The summed E-state index contributed by atoms with van der Waals surface area (Å²) in [5.41, 5.74) is 0.575. The molecule has 0 saturated heterocycles. The first-order valence-corrected chi connectivity index (χ1v) is 8.30. The van der Waals surface area contributed by atoms with Crippen LogP contribution in [-0.4, -0.2) is 28.9 Å². The highest BCUT2D eigenvalue weighted by Gasteiger charge is 2.17. The van der Waals surface area contributed by atoms with Gasteiger partial charge in [-0.1, -0.05) is 19.4 Å².